The van der Waals surface area contributed by atoms with Gasteiger partial charge in [-0.05, 0) is 31.7 Å². The largest absolute Gasteiger partial charge is 0.381 e. The molecular formula is C16H18ClFN6O2. The van der Waals surface area contributed by atoms with Gasteiger partial charge in [0.15, 0.2) is 11.6 Å². The highest BCUT2D eigenvalue weighted by Crippen LogP contribution is 2.42. The first-order valence-corrected chi connectivity index (χ1v) is 8.75. The summed E-state index contributed by atoms with van der Waals surface area (Å²) in [6.45, 7) is 0. The third-order valence-corrected chi connectivity index (χ3v) is 5.34. The van der Waals surface area contributed by atoms with E-state index in [1.54, 1.807) is 0 Å². The molecule has 10 heteroatoms. The Morgan fingerprint density at radius 2 is 2.12 bits per heavy atom. The van der Waals surface area contributed by atoms with Crippen molar-refractivity contribution in [1.29, 1.82) is 0 Å². The number of aliphatic hydroxyl groups excluding tert-OH is 1. The lowest BCUT2D eigenvalue weighted by Crippen LogP contribution is -2.48. The summed E-state index contributed by atoms with van der Waals surface area (Å²) in [5.41, 5.74) is 4.73. The first-order valence-electron chi connectivity index (χ1n) is 8.38. The predicted molar refractivity (Wildman–Crippen MR) is 94.6 cm³/mol. The molecule has 1 atom stereocenters. The molecule has 4 rings (SSSR count). The summed E-state index contributed by atoms with van der Waals surface area (Å²) < 4.78 is 15.6. The van der Waals surface area contributed by atoms with Crippen molar-refractivity contribution in [2.45, 2.75) is 44.0 Å². The number of hydrogen-bond acceptors (Lipinski definition) is 7. The van der Waals surface area contributed by atoms with Crippen molar-refractivity contribution in [3.63, 3.8) is 0 Å². The molecule has 0 aromatic carbocycles. The van der Waals surface area contributed by atoms with Crippen molar-refractivity contribution in [2.75, 3.05) is 11.1 Å². The van der Waals surface area contributed by atoms with Crippen LogP contribution in [0.15, 0.2) is 17.2 Å². The van der Waals surface area contributed by atoms with E-state index in [4.69, 9.17) is 17.3 Å². The summed E-state index contributed by atoms with van der Waals surface area (Å²) >= 11 is 6.33. The lowest BCUT2D eigenvalue weighted by Gasteiger charge is -2.35. The number of halogens is 2. The number of rotatable bonds is 2. The van der Waals surface area contributed by atoms with Gasteiger partial charge in [-0.2, -0.15) is 4.39 Å². The second kappa shape index (κ2) is 6.19. The maximum atomic E-state index is 14.1. The van der Waals surface area contributed by atoms with Gasteiger partial charge in [0.25, 0.3) is 5.56 Å². The van der Waals surface area contributed by atoms with Crippen molar-refractivity contribution < 1.29 is 9.50 Å². The topological polar surface area (TPSA) is 118 Å². The number of nitrogens with zero attached hydrogens (tertiary/aromatic N) is 3. The van der Waals surface area contributed by atoms with Gasteiger partial charge in [0.2, 0.25) is 5.82 Å². The number of hydrogen-bond donors (Lipinski definition) is 4. The molecule has 5 N–H and O–H groups in total. The third kappa shape index (κ3) is 2.54. The summed E-state index contributed by atoms with van der Waals surface area (Å²) in [7, 11) is 0. The van der Waals surface area contributed by atoms with Crippen LogP contribution >= 0.6 is 11.6 Å². The van der Waals surface area contributed by atoms with Crippen molar-refractivity contribution in [1.82, 2.24) is 19.9 Å². The molecule has 2 aromatic rings. The first kappa shape index (κ1) is 17.2. The van der Waals surface area contributed by atoms with Crippen LogP contribution in [-0.4, -0.2) is 19.6 Å². The average Bonchev–Trinajstić information content (AvgIpc) is 2.89. The molecule has 138 valence electrons. The molecule has 2 aliphatic rings. The van der Waals surface area contributed by atoms with E-state index in [0.717, 1.165) is 25.6 Å². The molecule has 3 heterocycles. The smallest absolute Gasteiger partial charge is 0.276 e. The summed E-state index contributed by atoms with van der Waals surface area (Å²) in [5, 5.41) is 16.4. The fourth-order valence-electron chi connectivity index (χ4n) is 3.86. The van der Waals surface area contributed by atoms with Crippen LogP contribution in [-0.2, 0) is 5.66 Å². The molecule has 8 nitrogen and oxygen atoms in total. The molecule has 0 radical (unpaired) electrons. The van der Waals surface area contributed by atoms with Crippen LogP contribution in [0.2, 0.25) is 5.02 Å². The molecule has 0 saturated heterocycles. The molecule has 0 amide bonds. The summed E-state index contributed by atoms with van der Waals surface area (Å²) in [6, 6.07) is 1.36. The van der Waals surface area contributed by atoms with Gasteiger partial charge in [0, 0.05) is 0 Å². The minimum absolute atomic E-state index is 0.0524. The molecule has 1 aliphatic carbocycles. The Balaban J connectivity index is 1.84. The van der Waals surface area contributed by atoms with E-state index in [9.17, 15) is 14.3 Å². The summed E-state index contributed by atoms with van der Waals surface area (Å²) in [6.07, 6.45) is 4.39. The number of nitrogen functional groups attached to an aromatic ring is 1. The highest BCUT2D eigenvalue weighted by atomic mass is 35.5. The zero-order valence-corrected chi connectivity index (χ0v) is 14.6. The zero-order chi connectivity index (χ0) is 18.5. The molecule has 0 bridgehead atoms. The van der Waals surface area contributed by atoms with E-state index in [2.05, 4.69) is 20.6 Å². The molecular weight excluding hydrogens is 363 g/mol. The SMILES string of the molecule is Nc1ncnc(Nc2cc(Cl)c3n(c2=O)C2(CCCCC2)NC3O)c1F. The monoisotopic (exact) mass is 380 g/mol. The lowest BCUT2D eigenvalue weighted by atomic mass is 9.89. The Hall–Kier alpha value is -2.23. The minimum Gasteiger partial charge on any atom is -0.381 e. The molecule has 1 aliphatic heterocycles. The second-order valence-electron chi connectivity index (χ2n) is 6.62. The summed E-state index contributed by atoms with van der Waals surface area (Å²) in [4.78, 5) is 20.5. The van der Waals surface area contributed by atoms with Gasteiger partial charge >= 0.3 is 0 Å². The number of nitrogens with one attached hydrogen (secondary N) is 2. The van der Waals surface area contributed by atoms with Crippen LogP contribution in [0.25, 0.3) is 0 Å². The Labute approximate surface area is 153 Å². The number of nitrogens with two attached hydrogens (primary N) is 1. The molecule has 1 saturated carbocycles. The molecule has 1 spiro atoms. The van der Waals surface area contributed by atoms with Crippen molar-refractivity contribution >= 4 is 28.9 Å². The number of aromatic nitrogens is 3. The first-order chi connectivity index (χ1) is 12.4. The molecule has 2 aromatic heterocycles. The third-order valence-electron chi connectivity index (χ3n) is 5.03. The number of anilines is 3. The molecule has 26 heavy (non-hydrogen) atoms. The number of pyridine rings is 1. The van der Waals surface area contributed by atoms with Crippen LogP contribution in [0.4, 0.5) is 21.7 Å². The maximum Gasteiger partial charge on any atom is 0.276 e. The van der Waals surface area contributed by atoms with E-state index in [0.29, 0.717) is 18.5 Å². The van der Waals surface area contributed by atoms with E-state index < -0.39 is 23.3 Å². The van der Waals surface area contributed by atoms with Crippen molar-refractivity contribution in [3.05, 3.63) is 39.3 Å². The van der Waals surface area contributed by atoms with Gasteiger partial charge in [0.1, 0.15) is 23.9 Å². The van der Waals surface area contributed by atoms with Crippen molar-refractivity contribution in [2.24, 2.45) is 0 Å². The van der Waals surface area contributed by atoms with Crippen LogP contribution in [0.3, 0.4) is 0 Å². The summed E-state index contributed by atoms with van der Waals surface area (Å²) in [5.74, 6) is -1.38. The Kier molecular flexibility index (Phi) is 4.09. The van der Waals surface area contributed by atoms with Crippen molar-refractivity contribution in [3.8, 4) is 0 Å². The highest BCUT2D eigenvalue weighted by molar-refractivity contribution is 6.31. The van der Waals surface area contributed by atoms with Crippen LogP contribution in [0.1, 0.15) is 44.0 Å². The molecule has 1 unspecified atom stereocenters. The van der Waals surface area contributed by atoms with E-state index in [1.165, 1.54) is 10.6 Å². The van der Waals surface area contributed by atoms with Crippen LogP contribution in [0, 0.1) is 5.82 Å². The van der Waals surface area contributed by atoms with Gasteiger partial charge in [-0.3, -0.25) is 14.7 Å². The van der Waals surface area contributed by atoms with E-state index in [1.807, 2.05) is 0 Å². The number of fused-ring (bicyclic) bond motifs is 2. The average molecular weight is 381 g/mol. The standard InChI is InChI=1S/C16H18ClFN6O2/c17-8-6-9(22-13-10(18)12(19)20-7-21-13)15(26)24-11(8)14(25)23-16(24)4-2-1-3-5-16/h6-7,14,23,25H,1-5H2,(H3,19,20,21,22). The molecule has 1 fully saturated rings. The van der Waals surface area contributed by atoms with E-state index >= 15 is 0 Å². The van der Waals surface area contributed by atoms with Gasteiger partial charge in [-0.1, -0.05) is 18.0 Å². The van der Waals surface area contributed by atoms with Gasteiger partial charge in [-0.25, -0.2) is 9.97 Å². The zero-order valence-electron chi connectivity index (χ0n) is 13.8. The Morgan fingerprint density at radius 1 is 1.38 bits per heavy atom. The van der Waals surface area contributed by atoms with Gasteiger partial charge in [0.05, 0.1) is 10.7 Å². The lowest BCUT2D eigenvalue weighted by molar-refractivity contribution is 0.0787. The quantitative estimate of drug-likeness (QED) is 0.629. The normalized spacial score (nSPS) is 21.0. The fraction of sp³-hybridized carbons (Fsp3) is 0.438. The Morgan fingerprint density at radius 3 is 2.85 bits per heavy atom. The Bertz CT molecular complexity index is 928. The van der Waals surface area contributed by atoms with Gasteiger partial charge < -0.3 is 16.2 Å². The van der Waals surface area contributed by atoms with E-state index in [-0.39, 0.29) is 22.3 Å². The fourth-order valence-corrected chi connectivity index (χ4v) is 4.15. The highest BCUT2D eigenvalue weighted by Gasteiger charge is 2.45. The van der Waals surface area contributed by atoms with Crippen LogP contribution in [0.5, 0.6) is 0 Å². The second-order valence-corrected chi connectivity index (χ2v) is 7.02. The minimum atomic E-state index is -1.03. The number of aliphatic hydroxyl groups is 1. The van der Waals surface area contributed by atoms with Crippen LogP contribution < -0.4 is 21.9 Å². The maximum absolute atomic E-state index is 14.1. The van der Waals surface area contributed by atoms with Gasteiger partial charge in [-0.15, -0.1) is 0 Å². The predicted octanol–water partition coefficient (Wildman–Crippen LogP) is 1.97.